The minimum atomic E-state index is -1.64. The van der Waals surface area contributed by atoms with Crippen LogP contribution in [0.15, 0.2) is 0 Å². The number of nitrogens with one attached hydrogen (secondary N) is 1. The minimum Gasteiger partial charge on any atom is -0.456 e. The Balaban J connectivity index is 3.84. The molecule has 0 amide bonds. The average molecular weight is 452 g/mol. The Morgan fingerprint density at radius 1 is 0.821 bits per heavy atom. The molecule has 28 heavy (non-hydrogen) atoms. The standard InChI is InChI=1S/C20H49NO4Si3/c1-26(2,3)16-17-28(6,7)25-27(4,5)15-11-14-24-19-20(23)18-21-12-9-8-10-13-22/h20-23H,8-19H2,1-7H3. The van der Waals surface area contributed by atoms with E-state index in [1.54, 1.807) is 0 Å². The van der Waals surface area contributed by atoms with Crippen LogP contribution in [-0.4, -0.2) is 73.9 Å². The lowest BCUT2D eigenvalue weighted by molar-refractivity contribution is 0.0372. The highest BCUT2D eigenvalue weighted by Gasteiger charge is 2.33. The second-order valence-corrected chi connectivity index (χ2v) is 25.0. The predicted octanol–water partition coefficient (Wildman–Crippen LogP) is 4.27. The summed E-state index contributed by atoms with van der Waals surface area (Å²) in [7, 11) is -4.21. The average Bonchev–Trinajstić information content (AvgIpc) is 2.54. The third-order valence-corrected chi connectivity index (χ3v) is 14.5. The summed E-state index contributed by atoms with van der Waals surface area (Å²) in [5.74, 6) is 0. The molecule has 0 spiro atoms. The highest BCUT2D eigenvalue weighted by molar-refractivity contribution is 6.86. The molecular weight excluding hydrogens is 402 g/mol. The van der Waals surface area contributed by atoms with Crippen molar-refractivity contribution in [1.82, 2.24) is 5.32 Å². The van der Waals surface area contributed by atoms with Crippen LogP contribution in [-0.2, 0) is 8.85 Å². The quantitative estimate of drug-likeness (QED) is 0.214. The molecule has 1 unspecified atom stereocenters. The summed E-state index contributed by atoms with van der Waals surface area (Å²) in [4.78, 5) is 0. The van der Waals surface area contributed by atoms with Gasteiger partial charge in [-0.15, -0.1) is 0 Å². The van der Waals surface area contributed by atoms with Gasteiger partial charge in [0.05, 0.1) is 12.7 Å². The van der Waals surface area contributed by atoms with Gasteiger partial charge in [-0.3, -0.25) is 0 Å². The van der Waals surface area contributed by atoms with Crippen molar-refractivity contribution in [2.24, 2.45) is 0 Å². The van der Waals surface area contributed by atoms with Crippen molar-refractivity contribution in [3.05, 3.63) is 0 Å². The highest BCUT2D eigenvalue weighted by Crippen LogP contribution is 2.26. The predicted molar refractivity (Wildman–Crippen MR) is 129 cm³/mol. The van der Waals surface area contributed by atoms with Gasteiger partial charge in [0.2, 0.25) is 0 Å². The van der Waals surface area contributed by atoms with Gasteiger partial charge < -0.3 is 24.4 Å². The molecule has 0 heterocycles. The Morgan fingerprint density at radius 3 is 2.07 bits per heavy atom. The topological polar surface area (TPSA) is 71.0 Å². The van der Waals surface area contributed by atoms with Crippen LogP contribution in [0.25, 0.3) is 0 Å². The van der Waals surface area contributed by atoms with E-state index in [1.165, 1.54) is 12.1 Å². The second kappa shape index (κ2) is 14.5. The first-order chi connectivity index (χ1) is 12.9. The summed E-state index contributed by atoms with van der Waals surface area (Å²) in [5, 5.41) is 21.9. The Labute approximate surface area is 177 Å². The van der Waals surface area contributed by atoms with Gasteiger partial charge in [-0.25, -0.2) is 0 Å². The molecular formula is C20H49NO4Si3. The third-order valence-electron chi connectivity index (χ3n) is 4.80. The fourth-order valence-corrected chi connectivity index (χ4v) is 16.4. The number of ether oxygens (including phenoxy) is 1. The molecule has 0 aromatic heterocycles. The van der Waals surface area contributed by atoms with Crippen molar-refractivity contribution in [2.75, 3.05) is 32.9 Å². The van der Waals surface area contributed by atoms with Crippen LogP contribution in [0.3, 0.4) is 0 Å². The van der Waals surface area contributed by atoms with Crippen molar-refractivity contribution in [2.45, 2.75) is 95.7 Å². The fraction of sp³-hybridized carbons (Fsp3) is 1.00. The molecule has 5 nitrogen and oxygen atoms in total. The number of unbranched alkanes of at least 4 members (excludes halogenated alkanes) is 2. The minimum absolute atomic E-state index is 0.263. The van der Waals surface area contributed by atoms with Gasteiger partial charge in [-0.05, 0) is 70.5 Å². The van der Waals surface area contributed by atoms with E-state index in [0.717, 1.165) is 38.3 Å². The van der Waals surface area contributed by atoms with Crippen molar-refractivity contribution in [3.8, 4) is 0 Å². The smallest absolute Gasteiger partial charge is 0.173 e. The molecule has 1 atom stereocenters. The Hall–Kier alpha value is 0.451. The van der Waals surface area contributed by atoms with Crippen molar-refractivity contribution < 1.29 is 19.1 Å². The van der Waals surface area contributed by atoms with E-state index >= 15 is 0 Å². The Morgan fingerprint density at radius 2 is 1.46 bits per heavy atom. The Kier molecular flexibility index (Phi) is 14.7. The van der Waals surface area contributed by atoms with Crippen LogP contribution in [0.1, 0.15) is 25.7 Å². The van der Waals surface area contributed by atoms with Crippen molar-refractivity contribution in [1.29, 1.82) is 0 Å². The zero-order valence-corrected chi connectivity index (χ0v) is 22.8. The SMILES string of the molecule is C[Si](C)(C)CC[Si](C)(C)O[Si](C)(C)CCCOCC(O)CNCCCCCO. The van der Waals surface area contributed by atoms with Gasteiger partial charge in [0, 0.05) is 27.8 Å². The molecule has 170 valence electrons. The third kappa shape index (κ3) is 18.5. The van der Waals surface area contributed by atoms with E-state index in [-0.39, 0.29) is 6.61 Å². The molecule has 0 aromatic carbocycles. The number of rotatable bonds is 18. The van der Waals surface area contributed by atoms with E-state index in [1.807, 2.05) is 0 Å². The lowest BCUT2D eigenvalue weighted by atomic mass is 10.2. The molecule has 8 heteroatoms. The lowest BCUT2D eigenvalue weighted by Gasteiger charge is -2.35. The molecule has 0 bridgehead atoms. The highest BCUT2D eigenvalue weighted by atomic mass is 28.4. The molecule has 0 aliphatic rings. The van der Waals surface area contributed by atoms with Crippen molar-refractivity contribution >= 4 is 24.7 Å². The van der Waals surface area contributed by atoms with Crippen LogP contribution in [0, 0.1) is 0 Å². The molecule has 0 fully saturated rings. The first-order valence-corrected chi connectivity index (χ1v) is 21.1. The number of aliphatic hydroxyl groups is 2. The van der Waals surface area contributed by atoms with Gasteiger partial charge in [0.1, 0.15) is 0 Å². The summed E-state index contributed by atoms with van der Waals surface area (Å²) in [6, 6.07) is 3.78. The first-order valence-electron chi connectivity index (χ1n) is 11.1. The molecule has 0 saturated carbocycles. The molecule has 0 aliphatic heterocycles. The van der Waals surface area contributed by atoms with E-state index in [9.17, 15) is 5.11 Å². The van der Waals surface area contributed by atoms with Crippen LogP contribution < -0.4 is 5.32 Å². The molecule has 3 N–H and O–H groups in total. The maximum absolute atomic E-state index is 9.95. The summed E-state index contributed by atoms with van der Waals surface area (Å²) < 4.78 is 12.4. The normalized spacial score (nSPS) is 14.5. The zero-order valence-electron chi connectivity index (χ0n) is 19.8. The molecule has 0 radical (unpaired) electrons. The van der Waals surface area contributed by atoms with E-state index in [4.69, 9.17) is 14.0 Å². The summed E-state index contributed by atoms with van der Waals surface area (Å²) in [5.41, 5.74) is 0. The maximum atomic E-state index is 9.95. The van der Waals surface area contributed by atoms with Gasteiger partial charge >= 0.3 is 0 Å². The summed E-state index contributed by atoms with van der Waals surface area (Å²) in [6.07, 6.45) is 3.47. The monoisotopic (exact) mass is 451 g/mol. The van der Waals surface area contributed by atoms with Gasteiger partial charge in [0.25, 0.3) is 0 Å². The summed E-state index contributed by atoms with van der Waals surface area (Å²) in [6.45, 7) is 19.6. The fourth-order valence-electron chi connectivity index (χ4n) is 3.21. The van der Waals surface area contributed by atoms with Crippen LogP contribution in [0.2, 0.25) is 64.0 Å². The number of hydrogen-bond acceptors (Lipinski definition) is 5. The maximum Gasteiger partial charge on any atom is 0.173 e. The molecule has 0 aromatic rings. The van der Waals surface area contributed by atoms with Gasteiger partial charge in [-0.1, -0.05) is 25.7 Å². The molecule has 0 rings (SSSR count). The molecule has 0 saturated heterocycles. The van der Waals surface area contributed by atoms with Gasteiger partial charge in [0.15, 0.2) is 16.6 Å². The largest absolute Gasteiger partial charge is 0.456 e. The first kappa shape index (κ1) is 28.5. The van der Waals surface area contributed by atoms with Gasteiger partial charge in [-0.2, -0.15) is 0 Å². The van der Waals surface area contributed by atoms with Crippen LogP contribution >= 0.6 is 0 Å². The van der Waals surface area contributed by atoms with Crippen LogP contribution in [0.4, 0.5) is 0 Å². The second-order valence-electron chi connectivity index (χ2n) is 10.5. The zero-order chi connectivity index (χ0) is 21.7. The van der Waals surface area contributed by atoms with E-state index in [0.29, 0.717) is 19.8 Å². The molecule has 0 aliphatic carbocycles. The number of aliphatic hydroxyl groups excluding tert-OH is 2. The lowest BCUT2D eigenvalue weighted by Crippen LogP contribution is -2.45. The van der Waals surface area contributed by atoms with Crippen molar-refractivity contribution in [3.63, 3.8) is 0 Å². The Bertz CT molecular complexity index is 390. The summed E-state index contributed by atoms with van der Waals surface area (Å²) >= 11 is 0. The van der Waals surface area contributed by atoms with Crippen LogP contribution in [0.5, 0.6) is 0 Å². The van der Waals surface area contributed by atoms with E-state index < -0.39 is 30.8 Å². The number of hydrogen-bond donors (Lipinski definition) is 3. The van der Waals surface area contributed by atoms with E-state index in [2.05, 4.69) is 51.1 Å².